The number of fused-ring (bicyclic) bond motifs is 1. The lowest BCUT2D eigenvalue weighted by Crippen LogP contribution is -2.38. The lowest BCUT2D eigenvalue weighted by Gasteiger charge is -2.31. The van der Waals surface area contributed by atoms with Crippen molar-refractivity contribution in [2.24, 2.45) is 5.92 Å². The number of rotatable bonds is 4. The number of piperidine rings is 1. The van der Waals surface area contributed by atoms with Crippen molar-refractivity contribution in [2.45, 2.75) is 26.3 Å². The molecule has 0 aliphatic carbocycles. The van der Waals surface area contributed by atoms with Crippen molar-refractivity contribution in [3.8, 4) is 17.2 Å². The summed E-state index contributed by atoms with van der Waals surface area (Å²) in [6.45, 7) is 4.34. The van der Waals surface area contributed by atoms with Crippen LogP contribution >= 0.6 is 0 Å². The highest BCUT2D eigenvalue weighted by Gasteiger charge is 2.26. The molecule has 0 atom stereocenters. The molecule has 2 N–H and O–H groups in total. The van der Waals surface area contributed by atoms with Gasteiger partial charge in [-0.3, -0.25) is 9.69 Å². The van der Waals surface area contributed by atoms with Gasteiger partial charge < -0.3 is 19.9 Å². The van der Waals surface area contributed by atoms with E-state index in [4.69, 9.17) is 9.47 Å². The molecule has 0 bridgehead atoms. The summed E-state index contributed by atoms with van der Waals surface area (Å²) < 4.78 is 10.7. The first kappa shape index (κ1) is 17.6. The molecule has 2 aliphatic rings. The number of amides is 1. The van der Waals surface area contributed by atoms with Gasteiger partial charge in [0.15, 0.2) is 11.5 Å². The number of aromatic hydroxyl groups is 1. The summed E-state index contributed by atoms with van der Waals surface area (Å²) in [5.74, 6) is 2.11. The predicted octanol–water partition coefficient (Wildman–Crippen LogP) is 2.68. The molecule has 2 aromatic rings. The molecule has 1 aromatic carbocycles. The summed E-state index contributed by atoms with van der Waals surface area (Å²) >= 11 is 0. The largest absolute Gasteiger partial charge is 0.507 e. The van der Waals surface area contributed by atoms with E-state index in [9.17, 15) is 9.90 Å². The topological polar surface area (TPSA) is 83.9 Å². The fourth-order valence-corrected chi connectivity index (χ4v) is 3.53. The van der Waals surface area contributed by atoms with E-state index in [0.29, 0.717) is 23.9 Å². The normalized spacial score (nSPS) is 17.1. The van der Waals surface area contributed by atoms with E-state index in [2.05, 4.69) is 15.2 Å². The van der Waals surface area contributed by atoms with Gasteiger partial charge in [-0.2, -0.15) is 0 Å². The van der Waals surface area contributed by atoms with Crippen LogP contribution in [0.5, 0.6) is 17.2 Å². The van der Waals surface area contributed by atoms with Crippen LogP contribution in [0.4, 0.5) is 5.82 Å². The summed E-state index contributed by atoms with van der Waals surface area (Å²) in [7, 11) is 0. The van der Waals surface area contributed by atoms with Crippen molar-refractivity contribution in [1.82, 2.24) is 9.88 Å². The van der Waals surface area contributed by atoms with Gasteiger partial charge in [-0.25, -0.2) is 4.98 Å². The number of aromatic nitrogens is 1. The van der Waals surface area contributed by atoms with Crippen LogP contribution in [0.25, 0.3) is 0 Å². The third kappa shape index (κ3) is 3.83. The second-order valence-corrected chi connectivity index (χ2v) is 7.04. The molecule has 142 valence electrons. The molecular formula is C20H23N3O4. The Morgan fingerprint density at radius 1 is 1.30 bits per heavy atom. The van der Waals surface area contributed by atoms with Gasteiger partial charge in [0, 0.05) is 30.3 Å². The minimum atomic E-state index is -0.0204. The standard InChI is InChI=1S/C20H23N3O4/c1-13-3-2-6-21-19(13)22-20(25)14-4-7-23(8-5-14)11-15-9-17-18(10-16(15)24)27-12-26-17/h2-3,6,9-10,14,24H,4-5,7-8,11-12H2,1H3,(H,21,22,25). The maximum atomic E-state index is 12.5. The minimum Gasteiger partial charge on any atom is -0.507 e. The van der Waals surface area contributed by atoms with Gasteiger partial charge in [0.2, 0.25) is 12.7 Å². The fraction of sp³-hybridized carbons (Fsp3) is 0.400. The van der Waals surface area contributed by atoms with Crippen LogP contribution in [-0.4, -0.2) is 40.8 Å². The smallest absolute Gasteiger partial charge is 0.231 e. The summed E-state index contributed by atoms with van der Waals surface area (Å²) in [5, 5.41) is 13.1. The van der Waals surface area contributed by atoms with Crippen LogP contribution < -0.4 is 14.8 Å². The van der Waals surface area contributed by atoms with Gasteiger partial charge in [-0.1, -0.05) is 6.07 Å². The second-order valence-electron chi connectivity index (χ2n) is 7.04. The van der Waals surface area contributed by atoms with E-state index in [1.165, 1.54) is 0 Å². The van der Waals surface area contributed by atoms with E-state index >= 15 is 0 Å². The van der Waals surface area contributed by atoms with Crippen molar-refractivity contribution < 1.29 is 19.4 Å². The average Bonchev–Trinajstić information content (AvgIpc) is 3.11. The number of ether oxygens (including phenoxy) is 2. The number of pyridine rings is 1. The zero-order valence-corrected chi connectivity index (χ0v) is 15.3. The second kappa shape index (κ2) is 7.44. The summed E-state index contributed by atoms with van der Waals surface area (Å²) in [5.41, 5.74) is 1.77. The molecule has 1 saturated heterocycles. The highest BCUT2D eigenvalue weighted by molar-refractivity contribution is 5.92. The molecule has 1 fully saturated rings. The Kier molecular flexibility index (Phi) is 4.85. The van der Waals surface area contributed by atoms with Gasteiger partial charge in [-0.15, -0.1) is 0 Å². The Hall–Kier alpha value is -2.80. The van der Waals surface area contributed by atoms with Crippen LogP contribution in [0.15, 0.2) is 30.5 Å². The van der Waals surface area contributed by atoms with Crippen LogP contribution in [0.2, 0.25) is 0 Å². The average molecular weight is 369 g/mol. The Balaban J connectivity index is 1.33. The van der Waals surface area contributed by atoms with Gasteiger partial charge in [0.05, 0.1) is 0 Å². The predicted molar refractivity (Wildman–Crippen MR) is 99.8 cm³/mol. The number of carbonyl (C=O) groups is 1. The van der Waals surface area contributed by atoms with Gasteiger partial charge in [-0.05, 0) is 50.6 Å². The molecule has 1 amide bonds. The Labute approximate surface area is 157 Å². The highest BCUT2D eigenvalue weighted by Crippen LogP contribution is 2.38. The number of anilines is 1. The van der Waals surface area contributed by atoms with Crippen molar-refractivity contribution in [3.05, 3.63) is 41.6 Å². The number of likely N-dealkylation sites (tertiary alicyclic amines) is 1. The zero-order valence-electron chi connectivity index (χ0n) is 15.3. The minimum absolute atomic E-state index is 0.0204. The van der Waals surface area contributed by atoms with E-state index < -0.39 is 0 Å². The molecule has 27 heavy (non-hydrogen) atoms. The SMILES string of the molecule is Cc1cccnc1NC(=O)C1CCN(Cc2cc3c(cc2O)OCO3)CC1. The highest BCUT2D eigenvalue weighted by atomic mass is 16.7. The van der Waals surface area contributed by atoms with Crippen LogP contribution in [0.1, 0.15) is 24.0 Å². The van der Waals surface area contributed by atoms with Crippen LogP contribution in [-0.2, 0) is 11.3 Å². The molecule has 0 radical (unpaired) electrons. The number of benzene rings is 1. The molecule has 4 rings (SSSR count). The summed E-state index contributed by atoms with van der Waals surface area (Å²) in [6.07, 6.45) is 3.25. The number of hydrogen-bond acceptors (Lipinski definition) is 6. The molecule has 7 nitrogen and oxygen atoms in total. The van der Waals surface area contributed by atoms with Gasteiger partial charge >= 0.3 is 0 Å². The molecule has 0 unspecified atom stereocenters. The number of nitrogens with one attached hydrogen (secondary N) is 1. The molecule has 3 heterocycles. The quantitative estimate of drug-likeness (QED) is 0.862. The van der Waals surface area contributed by atoms with Crippen molar-refractivity contribution in [1.29, 1.82) is 0 Å². The molecule has 1 aromatic heterocycles. The lowest BCUT2D eigenvalue weighted by atomic mass is 9.95. The number of phenolic OH excluding ortho intramolecular Hbond substituents is 1. The first-order valence-electron chi connectivity index (χ1n) is 9.16. The Morgan fingerprint density at radius 2 is 2.04 bits per heavy atom. The van der Waals surface area contributed by atoms with Crippen LogP contribution in [0.3, 0.4) is 0 Å². The van der Waals surface area contributed by atoms with Crippen molar-refractivity contribution in [3.63, 3.8) is 0 Å². The first-order chi connectivity index (χ1) is 13.1. The summed E-state index contributed by atoms with van der Waals surface area (Å²) in [4.78, 5) is 19.0. The fourth-order valence-electron chi connectivity index (χ4n) is 3.53. The zero-order chi connectivity index (χ0) is 18.8. The summed E-state index contributed by atoms with van der Waals surface area (Å²) in [6, 6.07) is 7.23. The third-order valence-electron chi connectivity index (χ3n) is 5.18. The number of aryl methyl sites for hydroxylation is 1. The maximum absolute atomic E-state index is 12.5. The molecule has 7 heteroatoms. The first-order valence-corrected chi connectivity index (χ1v) is 9.16. The van der Waals surface area contributed by atoms with Crippen LogP contribution in [0, 0.1) is 12.8 Å². The number of nitrogens with zero attached hydrogens (tertiary/aromatic N) is 2. The molecule has 0 spiro atoms. The van der Waals surface area contributed by atoms with E-state index in [1.54, 1.807) is 12.3 Å². The Morgan fingerprint density at radius 3 is 2.78 bits per heavy atom. The third-order valence-corrected chi connectivity index (χ3v) is 5.18. The van der Waals surface area contributed by atoms with E-state index in [1.807, 2.05) is 25.1 Å². The van der Waals surface area contributed by atoms with E-state index in [-0.39, 0.29) is 24.4 Å². The number of hydrogen-bond donors (Lipinski definition) is 2. The molecule has 0 saturated carbocycles. The lowest BCUT2D eigenvalue weighted by molar-refractivity contribution is -0.121. The number of phenols is 1. The van der Waals surface area contributed by atoms with E-state index in [0.717, 1.165) is 37.1 Å². The molecule has 2 aliphatic heterocycles. The number of carbonyl (C=O) groups excluding carboxylic acids is 1. The Bertz CT molecular complexity index is 847. The monoisotopic (exact) mass is 369 g/mol. The van der Waals surface area contributed by atoms with Crippen molar-refractivity contribution in [2.75, 3.05) is 25.2 Å². The maximum Gasteiger partial charge on any atom is 0.231 e. The van der Waals surface area contributed by atoms with Crippen molar-refractivity contribution >= 4 is 11.7 Å². The van der Waals surface area contributed by atoms with Gasteiger partial charge in [0.1, 0.15) is 11.6 Å². The molecular weight excluding hydrogens is 346 g/mol. The van der Waals surface area contributed by atoms with Gasteiger partial charge in [0.25, 0.3) is 0 Å².